The Hall–Kier alpha value is -2.37. The maximum Gasteiger partial charge on any atom is 0.162 e. The number of phenols is 1. The Morgan fingerprint density at radius 1 is 0.964 bits per heavy atom. The van der Waals surface area contributed by atoms with E-state index in [0.717, 1.165) is 21.3 Å². The number of phenolic OH excluding ortho intramolecular Hbond substituents is 1. The standard InChI is InChI=1S/C22H21BrClNO3/c1-2-27-21-11-16(13-25-17-7-9-18(26)10-8-17)19(23)12-22(21)28-14-15-5-3-4-6-20(15)24/h3-12,25-26H,2,13-14H2,1H3. The Morgan fingerprint density at radius 3 is 2.39 bits per heavy atom. The molecule has 3 aromatic carbocycles. The summed E-state index contributed by atoms with van der Waals surface area (Å²) in [6.07, 6.45) is 0. The smallest absolute Gasteiger partial charge is 0.162 e. The van der Waals surface area contributed by atoms with Crippen LogP contribution in [0.3, 0.4) is 0 Å². The van der Waals surface area contributed by atoms with Gasteiger partial charge in [-0.3, -0.25) is 0 Å². The highest BCUT2D eigenvalue weighted by Crippen LogP contribution is 2.35. The third-order valence-electron chi connectivity index (χ3n) is 4.10. The summed E-state index contributed by atoms with van der Waals surface area (Å²) in [5, 5.41) is 13.4. The quantitative estimate of drug-likeness (QED) is 0.380. The van der Waals surface area contributed by atoms with Gasteiger partial charge in [-0.2, -0.15) is 0 Å². The first-order chi connectivity index (χ1) is 13.6. The molecule has 0 amide bonds. The van der Waals surface area contributed by atoms with Gasteiger partial charge < -0.3 is 19.9 Å². The van der Waals surface area contributed by atoms with Gasteiger partial charge in [0.05, 0.1) is 6.61 Å². The van der Waals surface area contributed by atoms with Gasteiger partial charge in [-0.25, -0.2) is 0 Å². The first-order valence-corrected chi connectivity index (χ1v) is 10.1. The average Bonchev–Trinajstić information content (AvgIpc) is 2.69. The Bertz CT molecular complexity index is 932. The van der Waals surface area contributed by atoms with Crippen LogP contribution < -0.4 is 14.8 Å². The molecule has 0 atom stereocenters. The molecule has 0 fully saturated rings. The maximum absolute atomic E-state index is 9.39. The summed E-state index contributed by atoms with van der Waals surface area (Å²) < 4.78 is 12.7. The highest BCUT2D eigenvalue weighted by molar-refractivity contribution is 9.10. The summed E-state index contributed by atoms with van der Waals surface area (Å²) in [5.41, 5.74) is 2.86. The second-order valence-electron chi connectivity index (χ2n) is 6.10. The molecule has 0 aliphatic heterocycles. The minimum absolute atomic E-state index is 0.241. The molecule has 3 aromatic rings. The molecule has 0 aliphatic carbocycles. The molecule has 0 aliphatic rings. The van der Waals surface area contributed by atoms with Gasteiger partial charge in [0.2, 0.25) is 0 Å². The van der Waals surface area contributed by atoms with E-state index in [1.807, 2.05) is 55.5 Å². The van der Waals surface area contributed by atoms with Crippen LogP contribution in [0.1, 0.15) is 18.1 Å². The zero-order valence-electron chi connectivity index (χ0n) is 15.4. The van der Waals surface area contributed by atoms with E-state index < -0.39 is 0 Å². The molecular weight excluding hydrogens is 442 g/mol. The molecular formula is C22H21BrClNO3. The number of hydrogen-bond acceptors (Lipinski definition) is 4. The molecule has 146 valence electrons. The molecule has 0 unspecified atom stereocenters. The van der Waals surface area contributed by atoms with Gasteiger partial charge in [0, 0.05) is 27.3 Å². The Kier molecular flexibility index (Phi) is 7.06. The van der Waals surface area contributed by atoms with Crippen molar-refractivity contribution in [1.82, 2.24) is 0 Å². The van der Waals surface area contributed by atoms with Crippen molar-refractivity contribution in [3.63, 3.8) is 0 Å². The zero-order valence-corrected chi connectivity index (χ0v) is 17.8. The van der Waals surface area contributed by atoms with Gasteiger partial charge >= 0.3 is 0 Å². The van der Waals surface area contributed by atoms with Crippen molar-refractivity contribution in [1.29, 1.82) is 0 Å². The van der Waals surface area contributed by atoms with Gasteiger partial charge in [0.15, 0.2) is 11.5 Å². The van der Waals surface area contributed by atoms with Gasteiger partial charge in [-0.1, -0.05) is 45.7 Å². The fourth-order valence-electron chi connectivity index (χ4n) is 2.64. The van der Waals surface area contributed by atoms with E-state index in [1.165, 1.54) is 0 Å². The van der Waals surface area contributed by atoms with E-state index in [4.69, 9.17) is 21.1 Å². The number of aromatic hydroxyl groups is 1. The van der Waals surface area contributed by atoms with Crippen molar-refractivity contribution >= 4 is 33.2 Å². The number of hydrogen-bond donors (Lipinski definition) is 2. The van der Waals surface area contributed by atoms with Crippen molar-refractivity contribution in [2.75, 3.05) is 11.9 Å². The van der Waals surface area contributed by atoms with Crippen molar-refractivity contribution in [3.05, 3.63) is 81.3 Å². The molecule has 2 N–H and O–H groups in total. The molecule has 0 saturated carbocycles. The Balaban J connectivity index is 1.75. The van der Waals surface area contributed by atoms with Crippen LogP contribution >= 0.6 is 27.5 Å². The Labute approximate surface area is 178 Å². The van der Waals surface area contributed by atoms with Gasteiger partial charge in [0.1, 0.15) is 12.4 Å². The molecule has 0 heterocycles. The first kappa shape index (κ1) is 20.4. The zero-order chi connectivity index (χ0) is 19.9. The number of anilines is 1. The lowest BCUT2D eigenvalue weighted by Gasteiger charge is -2.16. The van der Waals surface area contributed by atoms with E-state index in [1.54, 1.807) is 12.1 Å². The van der Waals surface area contributed by atoms with Gasteiger partial charge in [-0.15, -0.1) is 0 Å². The third-order valence-corrected chi connectivity index (χ3v) is 5.21. The van der Waals surface area contributed by atoms with Crippen LogP contribution in [0.15, 0.2) is 65.1 Å². The van der Waals surface area contributed by atoms with Crippen molar-refractivity contribution in [2.45, 2.75) is 20.1 Å². The molecule has 0 aromatic heterocycles. The fraction of sp³-hybridized carbons (Fsp3) is 0.182. The minimum Gasteiger partial charge on any atom is -0.508 e. The number of nitrogens with one attached hydrogen (secondary N) is 1. The van der Waals surface area contributed by atoms with Gasteiger partial charge in [-0.05, 0) is 55.0 Å². The lowest BCUT2D eigenvalue weighted by molar-refractivity contribution is 0.269. The summed E-state index contributed by atoms with van der Waals surface area (Å²) in [4.78, 5) is 0. The normalized spacial score (nSPS) is 10.5. The van der Waals surface area contributed by atoms with Crippen LogP contribution in [0, 0.1) is 0 Å². The highest BCUT2D eigenvalue weighted by atomic mass is 79.9. The minimum atomic E-state index is 0.241. The second kappa shape index (κ2) is 9.71. The number of benzene rings is 3. The van der Waals surface area contributed by atoms with E-state index >= 15 is 0 Å². The summed E-state index contributed by atoms with van der Waals surface area (Å²) in [6, 6.07) is 18.4. The maximum atomic E-state index is 9.39. The van der Waals surface area contributed by atoms with Crippen LogP contribution in [0.2, 0.25) is 5.02 Å². The number of halogens is 2. The third kappa shape index (κ3) is 5.33. The molecule has 3 rings (SSSR count). The summed E-state index contributed by atoms with van der Waals surface area (Å²) in [5.74, 6) is 1.58. The summed E-state index contributed by atoms with van der Waals surface area (Å²) in [7, 11) is 0. The second-order valence-corrected chi connectivity index (χ2v) is 7.37. The van der Waals surface area contributed by atoms with E-state index in [9.17, 15) is 5.11 Å². The van der Waals surface area contributed by atoms with Crippen LogP contribution in [-0.2, 0) is 13.2 Å². The van der Waals surface area contributed by atoms with E-state index in [0.29, 0.717) is 36.3 Å². The topological polar surface area (TPSA) is 50.7 Å². The highest BCUT2D eigenvalue weighted by Gasteiger charge is 2.12. The monoisotopic (exact) mass is 461 g/mol. The van der Waals surface area contributed by atoms with Crippen molar-refractivity contribution in [3.8, 4) is 17.2 Å². The van der Waals surface area contributed by atoms with Crippen LogP contribution in [0.5, 0.6) is 17.2 Å². The molecule has 6 heteroatoms. The van der Waals surface area contributed by atoms with E-state index in [-0.39, 0.29) is 5.75 Å². The fourth-order valence-corrected chi connectivity index (χ4v) is 3.29. The van der Waals surface area contributed by atoms with Gasteiger partial charge in [0.25, 0.3) is 0 Å². The number of rotatable bonds is 8. The predicted molar refractivity (Wildman–Crippen MR) is 117 cm³/mol. The summed E-state index contributed by atoms with van der Waals surface area (Å²) >= 11 is 9.83. The molecule has 4 nitrogen and oxygen atoms in total. The molecule has 0 bridgehead atoms. The SMILES string of the molecule is CCOc1cc(CNc2ccc(O)cc2)c(Br)cc1OCc1ccccc1Cl. The first-order valence-electron chi connectivity index (χ1n) is 8.91. The lowest BCUT2D eigenvalue weighted by atomic mass is 10.2. The number of ether oxygens (including phenoxy) is 2. The summed E-state index contributed by atoms with van der Waals surface area (Å²) in [6.45, 7) is 3.43. The average molecular weight is 463 g/mol. The molecule has 0 radical (unpaired) electrons. The largest absolute Gasteiger partial charge is 0.508 e. The Morgan fingerprint density at radius 2 is 1.68 bits per heavy atom. The molecule has 0 saturated heterocycles. The van der Waals surface area contributed by atoms with Crippen molar-refractivity contribution < 1.29 is 14.6 Å². The molecule has 0 spiro atoms. The predicted octanol–water partition coefficient (Wildman–Crippen LogP) is 6.40. The van der Waals surface area contributed by atoms with Crippen LogP contribution in [0.4, 0.5) is 5.69 Å². The van der Waals surface area contributed by atoms with Crippen molar-refractivity contribution in [2.24, 2.45) is 0 Å². The van der Waals surface area contributed by atoms with Crippen LogP contribution in [0.25, 0.3) is 0 Å². The lowest BCUT2D eigenvalue weighted by Crippen LogP contribution is -2.04. The molecule has 28 heavy (non-hydrogen) atoms. The van der Waals surface area contributed by atoms with E-state index in [2.05, 4.69) is 21.2 Å². The van der Waals surface area contributed by atoms with Crippen LogP contribution in [-0.4, -0.2) is 11.7 Å².